The van der Waals surface area contributed by atoms with Crippen LogP contribution in [0.15, 0.2) is 54.9 Å². The van der Waals surface area contributed by atoms with Crippen LogP contribution in [0.2, 0.25) is 0 Å². The summed E-state index contributed by atoms with van der Waals surface area (Å²) in [6.07, 6.45) is 7.84. The normalized spacial score (nSPS) is 13.3. The van der Waals surface area contributed by atoms with Gasteiger partial charge in [-0.1, -0.05) is 51.1 Å². The van der Waals surface area contributed by atoms with Gasteiger partial charge in [0.2, 0.25) is 0 Å². The van der Waals surface area contributed by atoms with Gasteiger partial charge in [-0.25, -0.2) is 9.50 Å². The van der Waals surface area contributed by atoms with Gasteiger partial charge in [-0.2, -0.15) is 5.10 Å². The van der Waals surface area contributed by atoms with E-state index >= 15 is 0 Å². The average Bonchev–Trinajstić information content (AvgIpc) is 3.53. The van der Waals surface area contributed by atoms with Crippen molar-refractivity contribution in [3.8, 4) is 11.1 Å². The van der Waals surface area contributed by atoms with Crippen molar-refractivity contribution in [2.45, 2.75) is 53.5 Å². The Morgan fingerprint density at radius 1 is 1.28 bits per heavy atom. The van der Waals surface area contributed by atoms with Gasteiger partial charge >= 0.3 is 0 Å². The highest BCUT2D eigenvalue weighted by atomic mass is 15.2. The Kier molecular flexibility index (Phi) is 8.46. The first-order chi connectivity index (χ1) is 15.4. The lowest BCUT2D eigenvalue weighted by atomic mass is 10.1. The molecule has 172 valence electrons. The van der Waals surface area contributed by atoms with Crippen LogP contribution in [0.5, 0.6) is 0 Å². The van der Waals surface area contributed by atoms with E-state index in [1.807, 2.05) is 23.0 Å². The quantitative estimate of drug-likeness (QED) is 0.404. The van der Waals surface area contributed by atoms with Gasteiger partial charge in [0.05, 0.1) is 6.20 Å². The molecule has 0 radical (unpaired) electrons. The third-order valence-corrected chi connectivity index (χ3v) is 5.63. The van der Waals surface area contributed by atoms with Crippen LogP contribution >= 0.6 is 0 Å². The van der Waals surface area contributed by atoms with Gasteiger partial charge in [0, 0.05) is 24.8 Å². The molecule has 1 fully saturated rings. The van der Waals surface area contributed by atoms with E-state index in [-0.39, 0.29) is 0 Å². The van der Waals surface area contributed by atoms with Crippen LogP contribution in [0.1, 0.15) is 52.5 Å². The van der Waals surface area contributed by atoms with E-state index in [0.29, 0.717) is 5.92 Å². The predicted molar refractivity (Wildman–Crippen MR) is 136 cm³/mol. The molecule has 4 rings (SSSR count). The van der Waals surface area contributed by atoms with E-state index < -0.39 is 0 Å². The van der Waals surface area contributed by atoms with E-state index in [9.17, 15) is 0 Å². The minimum Gasteiger partial charge on any atom is -0.370 e. The molecule has 5 nitrogen and oxygen atoms in total. The molecule has 5 heteroatoms. The van der Waals surface area contributed by atoms with Crippen molar-refractivity contribution in [2.24, 2.45) is 11.8 Å². The third kappa shape index (κ3) is 6.92. The third-order valence-electron chi connectivity index (χ3n) is 5.63. The van der Waals surface area contributed by atoms with Crippen LogP contribution in [-0.2, 0) is 6.54 Å². The lowest BCUT2D eigenvalue weighted by Crippen LogP contribution is -2.18. The second-order valence-corrected chi connectivity index (χ2v) is 9.47. The molecule has 2 heterocycles. The van der Waals surface area contributed by atoms with Crippen molar-refractivity contribution >= 4 is 11.5 Å². The standard InChI is InChI=1S/C21H29N5.C6H10/c1-5-10-25(4)15-17-7-6-8-18(12-17)19-14-23-26-11-9-20(24-21(19)26)22-13-16(2)3;1-5(2)6-3-4-6/h6-9,11-12,14,16H,5,10,13,15H2,1-4H3,(H,22,24);6H,1,3-4H2,2H3. The first kappa shape index (κ1) is 24.0. The molecule has 1 N–H and O–H groups in total. The number of anilines is 1. The Hall–Kier alpha value is -2.66. The molecule has 0 unspecified atom stereocenters. The Balaban J connectivity index is 0.000000416. The molecule has 32 heavy (non-hydrogen) atoms. The summed E-state index contributed by atoms with van der Waals surface area (Å²) < 4.78 is 1.84. The minimum absolute atomic E-state index is 0.578. The monoisotopic (exact) mass is 433 g/mol. The van der Waals surface area contributed by atoms with E-state index in [0.717, 1.165) is 48.1 Å². The molecule has 1 aromatic carbocycles. The molecule has 3 aromatic rings. The van der Waals surface area contributed by atoms with Crippen molar-refractivity contribution in [2.75, 3.05) is 25.5 Å². The zero-order valence-corrected chi connectivity index (χ0v) is 20.4. The Morgan fingerprint density at radius 2 is 2.06 bits per heavy atom. The van der Waals surface area contributed by atoms with Gasteiger partial charge in [-0.15, -0.1) is 0 Å². The molecule has 1 aliphatic rings. The van der Waals surface area contributed by atoms with Crippen molar-refractivity contribution < 1.29 is 0 Å². The topological polar surface area (TPSA) is 45.5 Å². The van der Waals surface area contributed by atoms with Gasteiger partial charge in [0.25, 0.3) is 0 Å². The highest BCUT2D eigenvalue weighted by Crippen LogP contribution is 2.34. The van der Waals surface area contributed by atoms with Gasteiger partial charge in [0.15, 0.2) is 5.65 Å². The first-order valence-corrected chi connectivity index (χ1v) is 11.9. The second kappa shape index (κ2) is 11.3. The lowest BCUT2D eigenvalue weighted by Gasteiger charge is -2.15. The van der Waals surface area contributed by atoms with Crippen molar-refractivity contribution in [3.63, 3.8) is 0 Å². The smallest absolute Gasteiger partial charge is 0.165 e. The molecule has 0 amide bonds. The van der Waals surface area contributed by atoms with Gasteiger partial charge in [-0.3, -0.25) is 0 Å². The van der Waals surface area contributed by atoms with Crippen LogP contribution in [0.25, 0.3) is 16.8 Å². The van der Waals surface area contributed by atoms with E-state index in [4.69, 9.17) is 4.98 Å². The van der Waals surface area contributed by atoms with Crippen LogP contribution in [0.4, 0.5) is 5.82 Å². The molecule has 0 bridgehead atoms. The highest BCUT2D eigenvalue weighted by Gasteiger charge is 2.20. The summed E-state index contributed by atoms with van der Waals surface area (Å²) >= 11 is 0. The van der Waals surface area contributed by atoms with E-state index in [2.05, 4.69) is 80.9 Å². The molecule has 0 aliphatic heterocycles. The molecular weight excluding hydrogens is 394 g/mol. The Labute approximate surface area is 193 Å². The van der Waals surface area contributed by atoms with Crippen LogP contribution in [0.3, 0.4) is 0 Å². The van der Waals surface area contributed by atoms with E-state index in [1.54, 1.807) is 0 Å². The summed E-state index contributed by atoms with van der Waals surface area (Å²) in [6.45, 7) is 15.5. The fourth-order valence-electron chi connectivity index (χ4n) is 3.67. The van der Waals surface area contributed by atoms with Crippen LogP contribution in [0, 0.1) is 11.8 Å². The zero-order chi connectivity index (χ0) is 23.1. The summed E-state index contributed by atoms with van der Waals surface area (Å²) in [5, 5.41) is 7.86. The average molecular weight is 434 g/mol. The number of benzene rings is 1. The SMILES string of the molecule is C=C(C)C1CC1.CCCN(C)Cc1cccc(-c2cnn3ccc(NCC(C)C)nc23)c1. The first-order valence-electron chi connectivity index (χ1n) is 11.9. The summed E-state index contributed by atoms with van der Waals surface area (Å²) in [7, 11) is 2.17. The molecule has 1 aliphatic carbocycles. The highest BCUT2D eigenvalue weighted by molar-refractivity contribution is 5.78. The number of nitrogens with one attached hydrogen (secondary N) is 1. The van der Waals surface area contributed by atoms with Crippen molar-refractivity contribution in [1.29, 1.82) is 0 Å². The Morgan fingerprint density at radius 3 is 2.69 bits per heavy atom. The fourth-order valence-corrected chi connectivity index (χ4v) is 3.67. The van der Waals surface area contributed by atoms with Gasteiger partial charge < -0.3 is 10.2 Å². The maximum Gasteiger partial charge on any atom is 0.165 e. The molecule has 0 atom stereocenters. The number of aromatic nitrogens is 3. The number of hydrogen-bond acceptors (Lipinski definition) is 4. The molecule has 0 spiro atoms. The molecular formula is C27H39N5. The van der Waals surface area contributed by atoms with Gasteiger partial charge in [-0.05, 0) is 74.9 Å². The van der Waals surface area contributed by atoms with Gasteiger partial charge in [0.1, 0.15) is 5.82 Å². The minimum atomic E-state index is 0.578. The number of nitrogens with zero attached hydrogens (tertiary/aromatic N) is 4. The second-order valence-electron chi connectivity index (χ2n) is 9.47. The zero-order valence-electron chi connectivity index (χ0n) is 20.4. The molecule has 0 saturated heterocycles. The number of hydrogen-bond donors (Lipinski definition) is 1. The number of allylic oxidation sites excluding steroid dienone is 1. The van der Waals surface area contributed by atoms with Crippen molar-refractivity contribution in [1.82, 2.24) is 19.5 Å². The van der Waals surface area contributed by atoms with Crippen LogP contribution in [-0.4, -0.2) is 39.6 Å². The van der Waals surface area contributed by atoms with Crippen molar-refractivity contribution in [3.05, 3.63) is 60.4 Å². The van der Waals surface area contributed by atoms with Crippen LogP contribution < -0.4 is 5.32 Å². The lowest BCUT2D eigenvalue weighted by molar-refractivity contribution is 0.327. The number of fused-ring (bicyclic) bond motifs is 1. The Bertz CT molecular complexity index is 1020. The maximum atomic E-state index is 4.78. The number of rotatable bonds is 9. The predicted octanol–water partition coefficient (Wildman–Crippen LogP) is 6.28. The fraction of sp³-hybridized carbons (Fsp3) is 0.481. The van der Waals surface area contributed by atoms with E-state index in [1.165, 1.54) is 30.4 Å². The summed E-state index contributed by atoms with van der Waals surface area (Å²) in [5.41, 5.74) is 5.80. The summed E-state index contributed by atoms with van der Waals surface area (Å²) in [5.74, 6) is 2.38. The maximum absolute atomic E-state index is 4.78. The summed E-state index contributed by atoms with van der Waals surface area (Å²) in [4.78, 5) is 7.13. The molecule has 1 saturated carbocycles. The largest absolute Gasteiger partial charge is 0.370 e. The molecule has 2 aromatic heterocycles. The summed E-state index contributed by atoms with van der Waals surface area (Å²) in [6, 6.07) is 10.7.